The van der Waals surface area contributed by atoms with Crippen molar-refractivity contribution in [3.63, 3.8) is 0 Å². The molecule has 0 saturated carbocycles. The predicted octanol–water partition coefficient (Wildman–Crippen LogP) is 0.860. The zero-order chi connectivity index (χ0) is 7.07. The highest BCUT2D eigenvalue weighted by Gasteiger charge is 2.35. The number of nitrogens with one attached hydrogen (secondary N) is 1. The molecule has 9 heavy (non-hydrogen) atoms. The highest BCUT2D eigenvalue weighted by Crippen LogP contribution is 2.25. The summed E-state index contributed by atoms with van der Waals surface area (Å²) in [6, 6.07) is 0. The van der Waals surface area contributed by atoms with E-state index in [0.29, 0.717) is 11.4 Å². The second-order valence-electron chi connectivity index (χ2n) is 2.94. The molecular weight excluding hydrogens is 134 g/mol. The summed E-state index contributed by atoms with van der Waals surface area (Å²) in [5.74, 6) is 0.0486. The number of carbonyl (C=O) groups is 1. The summed E-state index contributed by atoms with van der Waals surface area (Å²) < 4.78 is 0. The van der Waals surface area contributed by atoms with E-state index < -0.39 is 0 Å². The Morgan fingerprint density at radius 1 is 1.67 bits per heavy atom. The lowest BCUT2D eigenvalue weighted by atomic mass is 9.92. The quantitative estimate of drug-likeness (QED) is 0.509. The van der Waals surface area contributed by atoms with E-state index in [2.05, 4.69) is 5.32 Å². The molecule has 1 fully saturated rings. The average Bonchev–Trinajstić information content (AvgIpc) is 1.79. The van der Waals surface area contributed by atoms with Gasteiger partial charge in [-0.1, -0.05) is 26.1 Å². The number of hydrogen-bond donors (Lipinski definition) is 1. The van der Waals surface area contributed by atoms with Crippen LogP contribution in [-0.4, -0.2) is 10.9 Å². The fourth-order valence-electron chi connectivity index (χ4n) is 0.822. The molecule has 1 rings (SSSR count). The van der Waals surface area contributed by atoms with Crippen molar-refractivity contribution in [1.29, 1.82) is 0 Å². The Bertz CT molecular complexity index is 174. The molecule has 0 spiro atoms. The lowest BCUT2D eigenvalue weighted by Crippen LogP contribution is -2.25. The molecule has 2 nitrogen and oxygen atoms in total. The fourth-order valence-corrected chi connectivity index (χ4v) is 1.28. The summed E-state index contributed by atoms with van der Waals surface area (Å²) in [5.41, 5.74) is -0.267. The molecule has 50 valence electrons. The number of amides is 1. The molecule has 0 atom stereocenters. The van der Waals surface area contributed by atoms with Gasteiger partial charge < -0.3 is 5.32 Å². The second-order valence-corrected chi connectivity index (χ2v) is 3.43. The van der Waals surface area contributed by atoms with Crippen molar-refractivity contribution < 1.29 is 4.79 Å². The van der Waals surface area contributed by atoms with Gasteiger partial charge in [0.2, 0.25) is 5.91 Å². The molecule has 0 bridgehead atoms. The summed E-state index contributed by atoms with van der Waals surface area (Å²) in [5, 5.41) is 2.60. The van der Waals surface area contributed by atoms with Gasteiger partial charge >= 0.3 is 0 Å². The van der Waals surface area contributed by atoms with Crippen LogP contribution >= 0.6 is 12.2 Å². The van der Waals surface area contributed by atoms with Crippen LogP contribution in [0.15, 0.2) is 0 Å². The van der Waals surface area contributed by atoms with Crippen molar-refractivity contribution >= 4 is 23.1 Å². The van der Waals surface area contributed by atoms with Crippen LogP contribution in [0.5, 0.6) is 0 Å². The van der Waals surface area contributed by atoms with Crippen molar-refractivity contribution in [2.24, 2.45) is 5.41 Å². The van der Waals surface area contributed by atoms with Gasteiger partial charge in [0.05, 0.1) is 10.4 Å². The Kier molecular flexibility index (Phi) is 1.31. The summed E-state index contributed by atoms with van der Waals surface area (Å²) in [7, 11) is 0. The molecule has 0 radical (unpaired) electrons. The molecule has 0 aromatic heterocycles. The molecule has 1 aliphatic rings. The lowest BCUT2D eigenvalue weighted by Gasteiger charge is -2.09. The topological polar surface area (TPSA) is 29.1 Å². The maximum absolute atomic E-state index is 10.9. The van der Waals surface area contributed by atoms with Gasteiger partial charge in [0.15, 0.2) is 0 Å². The Morgan fingerprint density at radius 2 is 2.22 bits per heavy atom. The smallest absolute Gasteiger partial charge is 0.230 e. The maximum Gasteiger partial charge on any atom is 0.230 e. The van der Waals surface area contributed by atoms with E-state index in [1.165, 1.54) is 0 Å². The summed E-state index contributed by atoms with van der Waals surface area (Å²) in [6.07, 6.45) is 0.696. The lowest BCUT2D eigenvalue weighted by molar-refractivity contribution is -0.125. The van der Waals surface area contributed by atoms with E-state index >= 15 is 0 Å². The van der Waals surface area contributed by atoms with Crippen LogP contribution in [-0.2, 0) is 4.79 Å². The number of carbonyl (C=O) groups excluding carboxylic acids is 1. The molecule has 1 heterocycles. The van der Waals surface area contributed by atoms with E-state index in [1.54, 1.807) is 0 Å². The van der Waals surface area contributed by atoms with Gasteiger partial charge in [-0.3, -0.25) is 4.79 Å². The van der Waals surface area contributed by atoms with Gasteiger partial charge in [0, 0.05) is 6.42 Å². The van der Waals surface area contributed by atoms with E-state index in [-0.39, 0.29) is 11.3 Å². The van der Waals surface area contributed by atoms with Crippen molar-refractivity contribution in [3.05, 3.63) is 0 Å². The molecule has 0 aromatic carbocycles. The minimum Gasteiger partial charge on any atom is -0.320 e. The zero-order valence-electron chi connectivity index (χ0n) is 5.52. The van der Waals surface area contributed by atoms with Crippen LogP contribution in [0, 0.1) is 5.41 Å². The summed E-state index contributed by atoms with van der Waals surface area (Å²) in [6.45, 7) is 3.78. The van der Waals surface area contributed by atoms with Crippen molar-refractivity contribution in [2.75, 3.05) is 0 Å². The van der Waals surface area contributed by atoms with Crippen LogP contribution in [0.4, 0.5) is 0 Å². The van der Waals surface area contributed by atoms with Gasteiger partial charge in [-0.05, 0) is 0 Å². The first-order valence-corrected chi connectivity index (χ1v) is 3.27. The molecule has 1 amide bonds. The minimum atomic E-state index is -0.267. The van der Waals surface area contributed by atoms with E-state index in [1.807, 2.05) is 13.8 Å². The van der Waals surface area contributed by atoms with E-state index in [0.717, 1.165) is 0 Å². The van der Waals surface area contributed by atoms with Crippen molar-refractivity contribution in [3.8, 4) is 0 Å². The van der Waals surface area contributed by atoms with Gasteiger partial charge in [-0.15, -0.1) is 0 Å². The number of hydrogen-bond acceptors (Lipinski definition) is 2. The highest BCUT2D eigenvalue weighted by atomic mass is 32.1. The third kappa shape index (κ3) is 1.10. The van der Waals surface area contributed by atoms with E-state index in [4.69, 9.17) is 12.2 Å². The van der Waals surface area contributed by atoms with Gasteiger partial charge in [-0.2, -0.15) is 0 Å². The first-order chi connectivity index (χ1) is 4.02. The number of thiocarbonyl (C=S) groups is 1. The Balaban J connectivity index is 2.81. The first kappa shape index (κ1) is 6.68. The molecular formula is C6H9NOS. The largest absolute Gasteiger partial charge is 0.320 e. The Morgan fingerprint density at radius 3 is 2.33 bits per heavy atom. The second kappa shape index (κ2) is 1.77. The first-order valence-electron chi connectivity index (χ1n) is 2.87. The van der Waals surface area contributed by atoms with Crippen LogP contribution in [0.2, 0.25) is 0 Å². The maximum atomic E-state index is 10.9. The van der Waals surface area contributed by atoms with E-state index in [9.17, 15) is 4.79 Å². The minimum absolute atomic E-state index is 0.0486. The van der Waals surface area contributed by atoms with Crippen LogP contribution in [0.25, 0.3) is 0 Å². The van der Waals surface area contributed by atoms with Crippen LogP contribution in [0.3, 0.4) is 0 Å². The molecule has 0 aliphatic carbocycles. The molecule has 3 heteroatoms. The SMILES string of the molecule is CC1(C)CC(=S)NC1=O. The monoisotopic (exact) mass is 143 g/mol. The standard InChI is InChI=1S/C6H9NOS/c1-6(2)3-4(9)7-5(6)8/h3H2,1-2H3,(H,7,8,9). The zero-order valence-corrected chi connectivity index (χ0v) is 6.34. The average molecular weight is 143 g/mol. The van der Waals surface area contributed by atoms with Gasteiger partial charge in [0.1, 0.15) is 0 Å². The third-order valence-corrected chi connectivity index (χ3v) is 1.72. The molecule has 0 unspecified atom stereocenters. The van der Waals surface area contributed by atoms with Crippen LogP contribution in [0.1, 0.15) is 20.3 Å². The molecule has 1 N–H and O–H groups in total. The fraction of sp³-hybridized carbons (Fsp3) is 0.667. The normalized spacial score (nSPS) is 24.2. The summed E-state index contributed by atoms with van der Waals surface area (Å²) in [4.78, 5) is 11.6. The van der Waals surface area contributed by atoms with Crippen molar-refractivity contribution in [1.82, 2.24) is 5.32 Å². The number of rotatable bonds is 0. The molecule has 0 aromatic rings. The molecule has 1 saturated heterocycles. The summed E-state index contributed by atoms with van der Waals surface area (Å²) >= 11 is 4.81. The third-order valence-electron chi connectivity index (χ3n) is 1.47. The highest BCUT2D eigenvalue weighted by molar-refractivity contribution is 7.80. The van der Waals surface area contributed by atoms with Crippen LogP contribution < -0.4 is 5.32 Å². The Labute approximate surface area is 59.6 Å². The van der Waals surface area contributed by atoms with Gasteiger partial charge in [-0.25, -0.2) is 0 Å². The molecule has 1 aliphatic heterocycles. The van der Waals surface area contributed by atoms with Crippen molar-refractivity contribution in [2.45, 2.75) is 20.3 Å². The van der Waals surface area contributed by atoms with Gasteiger partial charge in [0.25, 0.3) is 0 Å². The Hall–Kier alpha value is -0.440. The predicted molar refractivity (Wildman–Crippen MR) is 39.1 cm³/mol.